The van der Waals surface area contributed by atoms with Gasteiger partial charge in [-0.05, 0) is 59.1 Å². The first-order valence-electron chi connectivity index (χ1n) is 9.49. The van der Waals surface area contributed by atoms with Gasteiger partial charge >= 0.3 is 0 Å². The molecule has 3 rings (SSSR count). The van der Waals surface area contributed by atoms with Crippen LogP contribution in [0, 0.1) is 0 Å². The van der Waals surface area contributed by atoms with Crippen molar-refractivity contribution in [2.24, 2.45) is 4.99 Å². The first kappa shape index (κ1) is 24.2. The van der Waals surface area contributed by atoms with Gasteiger partial charge in [0, 0.05) is 13.0 Å². The van der Waals surface area contributed by atoms with Crippen molar-refractivity contribution in [2.45, 2.75) is 25.5 Å². The molecule has 0 spiro atoms. The molecule has 1 unspecified atom stereocenters. The fourth-order valence-corrected chi connectivity index (χ4v) is 3.55. The second-order valence-corrected chi connectivity index (χ2v) is 7.69. The molecule has 0 bridgehead atoms. The van der Waals surface area contributed by atoms with Gasteiger partial charge in [-0.15, -0.1) is 24.0 Å². The second-order valence-electron chi connectivity index (χ2n) is 6.91. The third-order valence-corrected chi connectivity index (χ3v) is 5.25. The van der Waals surface area contributed by atoms with E-state index in [-0.39, 0.29) is 24.0 Å². The van der Waals surface area contributed by atoms with Crippen LogP contribution in [0.2, 0.25) is 0 Å². The summed E-state index contributed by atoms with van der Waals surface area (Å²) >= 11 is 1.57. The minimum absolute atomic E-state index is 0. The zero-order chi connectivity index (χ0) is 20.5. The van der Waals surface area contributed by atoms with Crippen LogP contribution < -0.4 is 15.4 Å². The van der Waals surface area contributed by atoms with Crippen LogP contribution in [0.3, 0.4) is 0 Å². The van der Waals surface area contributed by atoms with Crippen LogP contribution in [-0.4, -0.2) is 31.3 Å². The quantitative estimate of drug-likeness (QED) is 0.216. The van der Waals surface area contributed by atoms with Crippen LogP contribution in [0.5, 0.6) is 5.75 Å². The summed E-state index contributed by atoms with van der Waals surface area (Å²) in [5, 5.41) is 21.3. The molecule has 1 aromatic carbocycles. The van der Waals surface area contributed by atoms with E-state index in [9.17, 15) is 5.11 Å². The second kappa shape index (κ2) is 12.0. The molecule has 162 valence electrons. The fourth-order valence-electron chi connectivity index (χ4n) is 2.76. The highest BCUT2D eigenvalue weighted by Crippen LogP contribution is 2.22. The Labute approximate surface area is 198 Å². The molecule has 3 aromatic rings. The Kier molecular flexibility index (Phi) is 9.67. The van der Waals surface area contributed by atoms with Crippen molar-refractivity contribution in [1.82, 2.24) is 10.6 Å². The number of aliphatic hydroxyl groups is 1. The maximum Gasteiger partial charge on any atom is 0.191 e. The third-order valence-electron chi connectivity index (χ3n) is 4.57. The van der Waals surface area contributed by atoms with Crippen molar-refractivity contribution in [3.8, 4) is 5.75 Å². The average Bonchev–Trinajstić information content (AvgIpc) is 3.44. The molecule has 0 saturated carbocycles. The van der Waals surface area contributed by atoms with Crippen molar-refractivity contribution in [1.29, 1.82) is 0 Å². The van der Waals surface area contributed by atoms with Gasteiger partial charge in [0.15, 0.2) is 5.96 Å². The Morgan fingerprint density at radius 2 is 2.00 bits per heavy atom. The standard InChI is InChI=1S/C22H27N3O3S.HI/c1-22(26,18-10-13-29-15-18)16-25-21(23-11-9-20-4-3-12-28-20)24-14-17-5-7-19(27-2)8-6-17;/h3-8,10,12-13,15,26H,9,11,14,16H2,1-2H3,(H2,23,24,25);1H. The van der Waals surface area contributed by atoms with E-state index in [4.69, 9.17) is 9.15 Å². The monoisotopic (exact) mass is 541 g/mol. The number of aliphatic imine (C=N–C) groups is 1. The van der Waals surface area contributed by atoms with Crippen LogP contribution in [-0.2, 0) is 18.6 Å². The maximum absolute atomic E-state index is 10.8. The van der Waals surface area contributed by atoms with Crippen LogP contribution in [0.15, 0.2) is 68.9 Å². The molecular formula is C22H28IN3O3S. The molecule has 8 heteroatoms. The van der Waals surface area contributed by atoms with E-state index in [2.05, 4.69) is 15.6 Å². The van der Waals surface area contributed by atoms with Gasteiger partial charge in [-0.2, -0.15) is 11.3 Å². The van der Waals surface area contributed by atoms with E-state index in [0.29, 0.717) is 25.6 Å². The van der Waals surface area contributed by atoms with E-state index in [1.165, 1.54) is 0 Å². The molecule has 0 aliphatic carbocycles. The first-order chi connectivity index (χ1) is 14.1. The molecule has 30 heavy (non-hydrogen) atoms. The van der Waals surface area contributed by atoms with Crippen LogP contribution >= 0.6 is 35.3 Å². The van der Waals surface area contributed by atoms with E-state index >= 15 is 0 Å². The molecule has 0 amide bonds. The predicted molar refractivity (Wildman–Crippen MR) is 132 cm³/mol. The molecule has 0 fully saturated rings. The minimum Gasteiger partial charge on any atom is -0.497 e. The lowest BCUT2D eigenvalue weighted by molar-refractivity contribution is 0.0621. The number of nitrogens with zero attached hydrogens (tertiary/aromatic N) is 1. The summed E-state index contributed by atoms with van der Waals surface area (Å²) in [4.78, 5) is 4.67. The predicted octanol–water partition coefficient (Wildman–Crippen LogP) is 4.15. The number of guanidine groups is 1. The Morgan fingerprint density at radius 1 is 1.20 bits per heavy atom. The van der Waals surface area contributed by atoms with Crippen molar-refractivity contribution in [3.05, 3.63) is 76.4 Å². The third kappa shape index (κ3) is 7.33. The molecule has 3 N–H and O–H groups in total. The Morgan fingerprint density at radius 3 is 2.63 bits per heavy atom. The number of methoxy groups -OCH3 is 1. The summed E-state index contributed by atoms with van der Waals surface area (Å²) in [5.74, 6) is 2.37. The van der Waals surface area contributed by atoms with Crippen LogP contribution in [0.4, 0.5) is 0 Å². The van der Waals surface area contributed by atoms with Gasteiger partial charge in [0.2, 0.25) is 0 Å². The molecular weight excluding hydrogens is 513 g/mol. The largest absolute Gasteiger partial charge is 0.497 e. The number of thiophene rings is 1. The maximum atomic E-state index is 10.8. The topological polar surface area (TPSA) is 79.0 Å². The van der Waals surface area contributed by atoms with Gasteiger partial charge < -0.3 is 24.9 Å². The molecule has 0 saturated heterocycles. The Hall–Kier alpha value is -2.04. The lowest BCUT2D eigenvalue weighted by atomic mass is 9.99. The number of hydrogen-bond donors (Lipinski definition) is 3. The van der Waals surface area contributed by atoms with Crippen LogP contribution in [0.1, 0.15) is 23.8 Å². The normalized spacial score (nSPS) is 13.2. The number of benzene rings is 1. The number of furan rings is 1. The fraction of sp³-hybridized carbons (Fsp3) is 0.318. The van der Waals surface area contributed by atoms with E-state index < -0.39 is 5.60 Å². The molecule has 2 aromatic heterocycles. The highest BCUT2D eigenvalue weighted by Gasteiger charge is 2.23. The van der Waals surface area contributed by atoms with Gasteiger partial charge in [0.1, 0.15) is 17.1 Å². The average molecular weight is 541 g/mol. The number of rotatable bonds is 9. The lowest BCUT2D eigenvalue weighted by Crippen LogP contribution is -2.45. The summed E-state index contributed by atoms with van der Waals surface area (Å²) in [7, 11) is 1.65. The molecule has 0 aliphatic heterocycles. The zero-order valence-electron chi connectivity index (χ0n) is 17.1. The Balaban J connectivity index is 0.00000320. The van der Waals surface area contributed by atoms with Gasteiger partial charge in [0.05, 0.1) is 26.5 Å². The number of ether oxygens (including phenoxy) is 1. The summed E-state index contributed by atoms with van der Waals surface area (Å²) < 4.78 is 10.6. The molecule has 6 nitrogen and oxygen atoms in total. The first-order valence-corrected chi connectivity index (χ1v) is 10.4. The summed E-state index contributed by atoms with van der Waals surface area (Å²) in [6.07, 6.45) is 2.42. The van der Waals surface area contributed by atoms with Crippen molar-refractivity contribution in [2.75, 3.05) is 20.2 Å². The number of hydrogen-bond acceptors (Lipinski definition) is 5. The number of halogens is 1. The number of nitrogens with one attached hydrogen (secondary N) is 2. The van der Waals surface area contributed by atoms with Gasteiger partial charge in [-0.1, -0.05) is 12.1 Å². The molecule has 0 radical (unpaired) electrons. The molecule has 1 atom stereocenters. The lowest BCUT2D eigenvalue weighted by Gasteiger charge is -2.24. The van der Waals surface area contributed by atoms with E-state index in [1.807, 2.05) is 53.2 Å². The molecule has 2 heterocycles. The summed E-state index contributed by atoms with van der Waals surface area (Å²) in [6, 6.07) is 13.6. The summed E-state index contributed by atoms with van der Waals surface area (Å²) in [6.45, 7) is 3.33. The highest BCUT2D eigenvalue weighted by molar-refractivity contribution is 14.0. The molecule has 0 aliphatic rings. The Bertz CT molecular complexity index is 879. The van der Waals surface area contributed by atoms with Crippen molar-refractivity contribution >= 4 is 41.3 Å². The highest BCUT2D eigenvalue weighted by atomic mass is 127. The van der Waals surface area contributed by atoms with Gasteiger partial charge in [0.25, 0.3) is 0 Å². The zero-order valence-corrected chi connectivity index (χ0v) is 20.3. The smallest absolute Gasteiger partial charge is 0.191 e. The summed E-state index contributed by atoms with van der Waals surface area (Å²) in [5.41, 5.74) is 0.978. The van der Waals surface area contributed by atoms with Crippen LogP contribution in [0.25, 0.3) is 0 Å². The van der Waals surface area contributed by atoms with Crippen molar-refractivity contribution in [3.63, 3.8) is 0 Å². The van der Waals surface area contributed by atoms with Gasteiger partial charge in [-0.25, -0.2) is 4.99 Å². The van der Waals surface area contributed by atoms with E-state index in [0.717, 1.165) is 29.1 Å². The van der Waals surface area contributed by atoms with Gasteiger partial charge in [-0.3, -0.25) is 0 Å². The van der Waals surface area contributed by atoms with E-state index in [1.54, 1.807) is 31.6 Å². The van der Waals surface area contributed by atoms with Crippen molar-refractivity contribution < 1.29 is 14.3 Å². The minimum atomic E-state index is -0.983. The SMILES string of the molecule is COc1ccc(CN=C(NCCc2ccco2)NCC(C)(O)c2ccsc2)cc1.I.